The van der Waals surface area contributed by atoms with Crippen LogP contribution in [0.5, 0.6) is 5.75 Å². The molecule has 7 heteroatoms. The van der Waals surface area contributed by atoms with E-state index in [1.165, 1.54) is 0 Å². The van der Waals surface area contributed by atoms with Gasteiger partial charge >= 0.3 is 0 Å². The van der Waals surface area contributed by atoms with E-state index in [9.17, 15) is 13.2 Å². The smallest absolute Gasteiger partial charge is 0.261 e. The highest BCUT2D eigenvalue weighted by atomic mass is 32.2. The summed E-state index contributed by atoms with van der Waals surface area (Å²) in [5.41, 5.74) is 2.22. The largest absolute Gasteiger partial charge is 0.494 e. The number of amides is 1. The van der Waals surface area contributed by atoms with E-state index < -0.39 is 10.0 Å². The number of anilines is 2. The van der Waals surface area contributed by atoms with E-state index in [-0.39, 0.29) is 16.7 Å². The zero-order chi connectivity index (χ0) is 19.0. The fraction of sp³-hybridized carbons (Fsp3) is 0.350. The molecule has 142 valence electrons. The second kappa shape index (κ2) is 6.88. The first-order chi connectivity index (χ1) is 13.0. The number of rotatable bonds is 6. The van der Waals surface area contributed by atoms with Crippen LogP contribution in [0, 0.1) is 5.92 Å². The summed E-state index contributed by atoms with van der Waals surface area (Å²) in [6.45, 7) is 3.07. The molecule has 0 spiro atoms. The lowest BCUT2D eigenvalue weighted by atomic mass is 10.2. The van der Waals surface area contributed by atoms with Gasteiger partial charge in [-0.25, -0.2) is 8.42 Å². The van der Waals surface area contributed by atoms with Crippen molar-refractivity contribution in [2.75, 3.05) is 22.8 Å². The standard InChI is InChI=1S/C20H22N2O4S/c1-2-26-17-7-5-16(6-8-17)21-27(24,25)18-9-10-19-15(13-18)11-12-22(19)20(23)14-3-4-14/h5-10,13-14,21H,2-4,11-12H2,1H3. The molecule has 0 radical (unpaired) electrons. The number of fused-ring (bicyclic) bond motifs is 1. The maximum Gasteiger partial charge on any atom is 0.261 e. The minimum absolute atomic E-state index is 0.153. The Morgan fingerprint density at radius 2 is 1.93 bits per heavy atom. The van der Waals surface area contributed by atoms with E-state index in [2.05, 4.69) is 4.72 Å². The Bertz CT molecular complexity index is 966. The molecule has 2 aromatic carbocycles. The number of ether oxygens (including phenoxy) is 1. The Labute approximate surface area is 159 Å². The molecule has 2 aromatic rings. The van der Waals surface area contributed by atoms with Crippen LogP contribution in [0.4, 0.5) is 11.4 Å². The molecule has 1 amide bonds. The summed E-state index contributed by atoms with van der Waals surface area (Å²) in [7, 11) is -3.70. The van der Waals surface area contributed by atoms with E-state index in [0.29, 0.717) is 31.0 Å². The minimum Gasteiger partial charge on any atom is -0.494 e. The molecule has 1 aliphatic heterocycles. The number of benzene rings is 2. The second-order valence-corrected chi connectivity index (χ2v) is 8.55. The minimum atomic E-state index is -3.70. The lowest BCUT2D eigenvalue weighted by molar-refractivity contribution is -0.119. The van der Waals surface area contributed by atoms with Crippen LogP contribution in [0.3, 0.4) is 0 Å². The topological polar surface area (TPSA) is 75.7 Å². The molecule has 0 saturated heterocycles. The van der Waals surface area contributed by atoms with Gasteiger partial charge in [-0.15, -0.1) is 0 Å². The highest BCUT2D eigenvalue weighted by molar-refractivity contribution is 7.92. The van der Waals surface area contributed by atoms with Gasteiger partial charge < -0.3 is 9.64 Å². The first-order valence-corrected chi connectivity index (χ1v) is 10.7. The summed E-state index contributed by atoms with van der Waals surface area (Å²) in [4.78, 5) is 14.4. The van der Waals surface area contributed by atoms with Crippen LogP contribution in [0.15, 0.2) is 47.4 Å². The van der Waals surface area contributed by atoms with E-state index >= 15 is 0 Å². The molecule has 1 fully saturated rings. The molecule has 27 heavy (non-hydrogen) atoms. The maximum absolute atomic E-state index is 12.7. The van der Waals surface area contributed by atoms with Crippen molar-refractivity contribution in [3.05, 3.63) is 48.0 Å². The summed E-state index contributed by atoms with van der Waals surface area (Å²) in [5.74, 6) is 1.01. The molecule has 0 aromatic heterocycles. The van der Waals surface area contributed by atoms with Crippen LogP contribution < -0.4 is 14.4 Å². The third-order valence-corrected chi connectivity index (χ3v) is 6.25. The van der Waals surface area contributed by atoms with E-state index in [1.807, 2.05) is 6.92 Å². The lowest BCUT2D eigenvalue weighted by Crippen LogP contribution is -2.30. The molecule has 0 bridgehead atoms. The summed E-state index contributed by atoms with van der Waals surface area (Å²) in [6, 6.07) is 11.8. The van der Waals surface area contributed by atoms with Crippen LogP contribution in [-0.4, -0.2) is 27.5 Å². The fourth-order valence-electron chi connectivity index (χ4n) is 3.32. The van der Waals surface area contributed by atoms with E-state index in [4.69, 9.17) is 4.74 Å². The first-order valence-electron chi connectivity index (χ1n) is 9.18. The molecular weight excluding hydrogens is 364 g/mol. The number of hydrogen-bond acceptors (Lipinski definition) is 4. The summed E-state index contributed by atoms with van der Waals surface area (Å²) in [6.07, 6.45) is 2.60. The van der Waals surface area contributed by atoms with Crippen molar-refractivity contribution in [2.24, 2.45) is 5.92 Å². The Morgan fingerprint density at radius 1 is 1.19 bits per heavy atom. The predicted molar refractivity (Wildman–Crippen MR) is 104 cm³/mol. The molecule has 1 aliphatic carbocycles. The summed E-state index contributed by atoms with van der Waals surface area (Å²) in [5, 5.41) is 0. The van der Waals surface area contributed by atoms with Crippen LogP contribution in [0.1, 0.15) is 25.3 Å². The van der Waals surface area contributed by atoms with Gasteiger partial charge in [-0.3, -0.25) is 9.52 Å². The van der Waals surface area contributed by atoms with Crippen LogP contribution in [-0.2, 0) is 21.2 Å². The normalized spacial score (nSPS) is 16.1. The molecule has 0 atom stereocenters. The monoisotopic (exact) mass is 386 g/mol. The van der Waals surface area contributed by atoms with Gasteiger partial charge in [0.2, 0.25) is 5.91 Å². The van der Waals surface area contributed by atoms with Crippen LogP contribution >= 0.6 is 0 Å². The number of carbonyl (C=O) groups is 1. The van der Waals surface area contributed by atoms with Crippen molar-refractivity contribution < 1.29 is 17.9 Å². The SMILES string of the molecule is CCOc1ccc(NS(=O)(=O)c2ccc3c(c2)CCN3C(=O)C2CC2)cc1. The van der Waals surface area contributed by atoms with Gasteiger partial charge in [0.25, 0.3) is 10.0 Å². The number of nitrogens with zero attached hydrogens (tertiary/aromatic N) is 1. The molecule has 4 rings (SSSR count). The molecule has 1 saturated carbocycles. The third kappa shape index (κ3) is 3.64. The second-order valence-electron chi connectivity index (χ2n) is 6.87. The average molecular weight is 386 g/mol. The quantitative estimate of drug-likeness (QED) is 0.827. The van der Waals surface area contributed by atoms with Crippen molar-refractivity contribution in [2.45, 2.75) is 31.1 Å². The number of carbonyl (C=O) groups excluding carboxylic acids is 1. The highest BCUT2D eigenvalue weighted by Crippen LogP contribution is 2.37. The summed E-state index contributed by atoms with van der Waals surface area (Å²) < 4.78 is 33.4. The van der Waals surface area contributed by atoms with Gasteiger partial charge in [0.15, 0.2) is 0 Å². The lowest BCUT2D eigenvalue weighted by Gasteiger charge is -2.17. The Kier molecular flexibility index (Phi) is 4.55. The zero-order valence-electron chi connectivity index (χ0n) is 15.1. The maximum atomic E-state index is 12.7. The number of sulfonamides is 1. The molecule has 6 nitrogen and oxygen atoms in total. The molecular formula is C20H22N2O4S. The predicted octanol–water partition coefficient (Wildman–Crippen LogP) is 3.19. The van der Waals surface area contributed by atoms with E-state index in [0.717, 1.165) is 24.1 Å². The Balaban J connectivity index is 1.53. The van der Waals surface area contributed by atoms with Crippen LogP contribution in [0.2, 0.25) is 0 Å². The van der Waals surface area contributed by atoms with Crippen LogP contribution in [0.25, 0.3) is 0 Å². The molecule has 1 N–H and O–H groups in total. The number of nitrogens with one attached hydrogen (secondary N) is 1. The van der Waals surface area contributed by atoms with E-state index in [1.54, 1.807) is 47.4 Å². The van der Waals surface area contributed by atoms with Gasteiger partial charge in [-0.2, -0.15) is 0 Å². The van der Waals surface area contributed by atoms with Crippen molar-refractivity contribution in [1.82, 2.24) is 0 Å². The zero-order valence-corrected chi connectivity index (χ0v) is 16.0. The molecule has 2 aliphatic rings. The Morgan fingerprint density at radius 3 is 2.59 bits per heavy atom. The van der Waals surface area contributed by atoms with Gasteiger partial charge in [-0.05, 0) is 74.2 Å². The number of hydrogen-bond donors (Lipinski definition) is 1. The van der Waals surface area contributed by atoms with Gasteiger partial charge in [0.05, 0.1) is 11.5 Å². The molecule has 0 unspecified atom stereocenters. The van der Waals surface area contributed by atoms with Gasteiger partial charge in [0.1, 0.15) is 5.75 Å². The van der Waals surface area contributed by atoms with Crippen molar-refractivity contribution >= 4 is 27.3 Å². The van der Waals surface area contributed by atoms with Crippen molar-refractivity contribution in [3.63, 3.8) is 0 Å². The fourth-order valence-corrected chi connectivity index (χ4v) is 4.43. The van der Waals surface area contributed by atoms with Gasteiger partial charge in [-0.1, -0.05) is 0 Å². The Hall–Kier alpha value is -2.54. The van der Waals surface area contributed by atoms with Crippen molar-refractivity contribution in [1.29, 1.82) is 0 Å². The summed E-state index contributed by atoms with van der Waals surface area (Å²) >= 11 is 0. The molecule has 1 heterocycles. The third-order valence-electron chi connectivity index (χ3n) is 4.87. The first kappa shape index (κ1) is 17.9. The van der Waals surface area contributed by atoms with Gasteiger partial charge in [0, 0.05) is 23.8 Å². The average Bonchev–Trinajstić information content (AvgIpc) is 3.42. The van der Waals surface area contributed by atoms with Crippen molar-refractivity contribution in [3.8, 4) is 5.75 Å². The highest BCUT2D eigenvalue weighted by Gasteiger charge is 2.36.